The van der Waals surface area contributed by atoms with Gasteiger partial charge in [-0.05, 0) is 37.7 Å². The fourth-order valence-corrected chi connectivity index (χ4v) is 3.14. The molecule has 0 bridgehead atoms. The Morgan fingerprint density at radius 1 is 1.32 bits per heavy atom. The van der Waals surface area contributed by atoms with Gasteiger partial charge in [-0.2, -0.15) is 0 Å². The number of carbonyl (C=O) groups excluding carboxylic acids is 1. The van der Waals surface area contributed by atoms with Crippen LogP contribution in [0.1, 0.15) is 63.1 Å². The highest BCUT2D eigenvalue weighted by atomic mass is 16.2. The van der Waals surface area contributed by atoms with Crippen molar-refractivity contribution in [1.29, 1.82) is 0 Å². The van der Waals surface area contributed by atoms with Gasteiger partial charge in [0.15, 0.2) is 0 Å². The van der Waals surface area contributed by atoms with Crippen molar-refractivity contribution in [2.24, 2.45) is 5.92 Å². The molecule has 2 amide bonds. The fourth-order valence-electron chi connectivity index (χ4n) is 3.14. The monoisotopic (exact) mass is 302 g/mol. The molecule has 0 spiro atoms. The summed E-state index contributed by atoms with van der Waals surface area (Å²) < 4.78 is 0. The van der Waals surface area contributed by atoms with Gasteiger partial charge < -0.3 is 10.2 Å². The second kappa shape index (κ2) is 8.21. The van der Waals surface area contributed by atoms with Gasteiger partial charge in [0.1, 0.15) is 0 Å². The van der Waals surface area contributed by atoms with Gasteiger partial charge in [-0.3, -0.25) is 0 Å². The van der Waals surface area contributed by atoms with Crippen LogP contribution in [0.25, 0.3) is 0 Å². The van der Waals surface area contributed by atoms with Gasteiger partial charge >= 0.3 is 6.03 Å². The molecule has 22 heavy (non-hydrogen) atoms. The molecule has 1 N–H and O–H groups in total. The Kier molecular flexibility index (Phi) is 6.29. The highest BCUT2D eigenvalue weighted by Gasteiger charge is 2.26. The van der Waals surface area contributed by atoms with Gasteiger partial charge in [0.05, 0.1) is 6.04 Å². The van der Waals surface area contributed by atoms with Crippen molar-refractivity contribution in [3.05, 3.63) is 35.4 Å². The molecule has 0 aromatic heterocycles. The Balaban J connectivity index is 2.08. The molecule has 3 nitrogen and oxygen atoms in total. The van der Waals surface area contributed by atoms with E-state index in [9.17, 15) is 4.79 Å². The minimum Gasteiger partial charge on any atom is -0.338 e. The van der Waals surface area contributed by atoms with Crippen LogP contribution in [-0.4, -0.2) is 24.0 Å². The van der Waals surface area contributed by atoms with Gasteiger partial charge in [0.25, 0.3) is 0 Å². The molecule has 1 heterocycles. The average molecular weight is 302 g/mol. The maximum atomic E-state index is 12.6. The van der Waals surface area contributed by atoms with Crippen LogP contribution in [-0.2, 0) is 0 Å². The lowest BCUT2D eigenvalue weighted by molar-refractivity contribution is 0.175. The number of rotatable bonds is 4. The summed E-state index contributed by atoms with van der Waals surface area (Å²) in [6, 6.07) is 8.94. The summed E-state index contributed by atoms with van der Waals surface area (Å²) in [6.45, 7) is 8.13. The van der Waals surface area contributed by atoms with Gasteiger partial charge in [0, 0.05) is 13.1 Å². The average Bonchev–Trinajstić information content (AvgIpc) is 2.72. The first kappa shape index (κ1) is 16.9. The van der Waals surface area contributed by atoms with Gasteiger partial charge in [-0.1, -0.05) is 56.5 Å². The first-order chi connectivity index (χ1) is 10.6. The molecule has 0 saturated carbocycles. The van der Waals surface area contributed by atoms with E-state index in [0.29, 0.717) is 5.92 Å². The summed E-state index contributed by atoms with van der Waals surface area (Å²) in [6.07, 6.45) is 5.64. The number of benzene rings is 1. The van der Waals surface area contributed by atoms with E-state index < -0.39 is 0 Å². The summed E-state index contributed by atoms with van der Waals surface area (Å²) in [5, 5.41) is 3.11. The van der Waals surface area contributed by atoms with E-state index >= 15 is 0 Å². The zero-order valence-electron chi connectivity index (χ0n) is 14.3. The van der Waals surface area contributed by atoms with Crippen LogP contribution in [0.15, 0.2) is 24.3 Å². The number of carbonyl (C=O) groups is 1. The molecular weight excluding hydrogens is 272 g/mol. The van der Waals surface area contributed by atoms with Crippen molar-refractivity contribution < 1.29 is 4.79 Å². The normalized spacial score (nSPS) is 19.1. The summed E-state index contributed by atoms with van der Waals surface area (Å²) >= 11 is 0. The van der Waals surface area contributed by atoms with Crippen molar-refractivity contribution in [3.8, 4) is 0 Å². The zero-order chi connectivity index (χ0) is 15.9. The zero-order valence-corrected chi connectivity index (χ0v) is 14.3. The Bertz CT molecular complexity index is 484. The van der Waals surface area contributed by atoms with E-state index in [1.54, 1.807) is 0 Å². The summed E-state index contributed by atoms with van der Waals surface area (Å²) in [5.41, 5.74) is 2.54. The maximum Gasteiger partial charge on any atom is 0.317 e. The lowest BCUT2D eigenvalue weighted by atomic mass is 9.99. The van der Waals surface area contributed by atoms with Crippen LogP contribution >= 0.6 is 0 Å². The molecule has 1 aliphatic heterocycles. The second-order valence-electron chi connectivity index (χ2n) is 6.89. The lowest BCUT2D eigenvalue weighted by Gasteiger charge is -2.31. The van der Waals surface area contributed by atoms with Crippen molar-refractivity contribution in [2.75, 3.05) is 13.1 Å². The topological polar surface area (TPSA) is 32.3 Å². The molecule has 1 aromatic carbocycles. The highest BCUT2D eigenvalue weighted by molar-refractivity contribution is 5.74. The van der Waals surface area contributed by atoms with Crippen LogP contribution in [0, 0.1) is 12.8 Å². The van der Waals surface area contributed by atoms with E-state index in [1.165, 1.54) is 24.0 Å². The predicted molar refractivity (Wildman–Crippen MR) is 91.9 cm³/mol. The predicted octanol–water partition coefficient (Wildman–Crippen LogP) is 4.67. The molecule has 1 aliphatic rings. The van der Waals surface area contributed by atoms with Crippen molar-refractivity contribution in [1.82, 2.24) is 10.2 Å². The molecule has 122 valence electrons. The largest absolute Gasteiger partial charge is 0.338 e. The summed E-state index contributed by atoms with van der Waals surface area (Å²) in [5.74, 6) is 0.622. The van der Waals surface area contributed by atoms with Crippen LogP contribution in [0.4, 0.5) is 4.79 Å². The van der Waals surface area contributed by atoms with Gasteiger partial charge in [0.2, 0.25) is 0 Å². The molecule has 3 heteroatoms. The van der Waals surface area contributed by atoms with Crippen molar-refractivity contribution in [2.45, 2.75) is 58.9 Å². The Morgan fingerprint density at radius 3 is 2.86 bits per heavy atom. The molecule has 2 rings (SSSR count). The molecule has 0 aliphatic carbocycles. The minimum atomic E-state index is 0.106. The molecular formula is C19H30N2O. The third-order valence-corrected chi connectivity index (χ3v) is 4.44. The Morgan fingerprint density at radius 2 is 2.14 bits per heavy atom. The first-order valence-corrected chi connectivity index (χ1v) is 8.69. The van der Waals surface area contributed by atoms with Gasteiger partial charge in [-0.25, -0.2) is 4.79 Å². The summed E-state index contributed by atoms with van der Waals surface area (Å²) in [4.78, 5) is 14.7. The van der Waals surface area contributed by atoms with Crippen LogP contribution in [0.2, 0.25) is 0 Å². The number of nitrogens with zero attached hydrogens (tertiary/aromatic N) is 1. The molecule has 1 aromatic rings. The SMILES string of the molecule is Cc1cccc([C@@H]2CCCCCN2C(=O)NCCC(C)C)c1. The maximum absolute atomic E-state index is 12.6. The van der Waals surface area contributed by atoms with E-state index in [2.05, 4.69) is 55.3 Å². The second-order valence-corrected chi connectivity index (χ2v) is 6.89. The number of likely N-dealkylation sites (tertiary alicyclic amines) is 1. The lowest BCUT2D eigenvalue weighted by Crippen LogP contribution is -2.42. The number of aryl methyl sites for hydroxylation is 1. The van der Waals surface area contributed by atoms with E-state index in [1.807, 2.05) is 0 Å². The van der Waals surface area contributed by atoms with Gasteiger partial charge in [-0.15, -0.1) is 0 Å². The van der Waals surface area contributed by atoms with Crippen LogP contribution in [0.3, 0.4) is 0 Å². The number of amides is 2. The highest BCUT2D eigenvalue weighted by Crippen LogP contribution is 2.30. The van der Waals surface area contributed by atoms with Crippen LogP contribution in [0.5, 0.6) is 0 Å². The molecule has 1 saturated heterocycles. The fraction of sp³-hybridized carbons (Fsp3) is 0.632. The first-order valence-electron chi connectivity index (χ1n) is 8.69. The number of hydrogen-bond acceptors (Lipinski definition) is 1. The van der Waals surface area contributed by atoms with Crippen LogP contribution < -0.4 is 5.32 Å². The minimum absolute atomic E-state index is 0.106. The quantitative estimate of drug-likeness (QED) is 0.861. The standard InChI is InChI=1S/C19H30N2O/c1-15(2)11-12-20-19(22)21-13-6-4-5-10-18(21)17-9-7-8-16(3)14-17/h7-9,14-15,18H,4-6,10-13H2,1-3H3,(H,20,22)/t18-/m0/s1. The Labute approximate surface area is 135 Å². The molecule has 0 unspecified atom stereocenters. The molecule has 1 atom stereocenters. The number of hydrogen-bond donors (Lipinski definition) is 1. The number of urea groups is 1. The smallest absolute Gasteiger partial charge is 0.317 e. The summed E-state index contributed by atoms with van der Waals surface area (Å²) in [7, 11) is 0. The Hall–Kier alpha value is -1.51. The van der Waals surface area contributed by atoms with E-state index in [-0.39, 0.29) is 12.1 Å². The van der Waals surface area contributed by atoms with Crippen molar-refractivity contribution in [3.63, 3.8) is 0 Å². The number of nitrogens with one attached hydrogen (secondary N) is 1. The third kappa shape index (κ3) is 4.75. The van der Waals surface area contributed by atoms with Crippen molar-refractivity contribution >= 4 is 6.03 Å². The molecule has 1 fully saturated rings. The van der Waals surface area contributed by atoms with E-state index in [0.717, 1.165) is 32.4 Å². The van der Waals surface area contributed by atoms with E-state index in [4.69, 9.17) is 0 Å². The third-order valence-electron chi connectivity index (χ3n) is 4.44. The molecule has 0 radical (unpaired) electrons.